The molecule has 4 aromatic rings. The highest BCUT2D eigenvalue weighted by molar-refractivity contribution is 5.91. The van der Waals surface area contributed by atoms with Crippen molar-refractivity contribution in [3.63, 3.8) is 0 Å². The highest BCUT2D eigenvalue weighted by Crippen LogP contribution is 2.40. The van der Waals surface area contributed by atoms with Crippen LogP contribution in [-0.4, -0.2) is 9.78 Å². The quantitative estimate of drug-likeness (QED) is 0.290. The topological polar surface area (TPSA) is 17.8 Å². The zero-order chi connectivity index (χ0) is 19.9. The van der Waals surface area contributed by atoms with Crippen LogP contribution in [0.3, 0.4) is 0 Å². The first-order valence-electron chi connectivity index (χ1n) is 10.7. The molecule has 4 rings (SSSR count). The van der Waals surface area contributed by atoms with Crippen LogP contribution < -0.4 is 0 Å². The van der Waals surface area contributed by atoms with Crippen LogP contribution in [0.1, 0.15) is 32.6 Å². The fourth-order valence-corrected chi connectivity index (χ4v) is 3.88. The lowest BCUT2D eigenvalue weighted by Crippen LogP contribution is -2.03. The lowest BCUT2D eigenvalue weighted by atomic mass is 9.96. The second kappa shape index (κ2) is 9.38. The van der Waals surface area contributed by atoms with E-state index in [4.69, 9.17) is 5.10 Å². The zero-order valence-electron chi connectivity index (χ0n) is 17.1. The SMILES string of the molecule is CCCCCCn1nc(-c2ccccc2)c(-c2ccccc2)c1-c1ccccc1. The fraction of sp³-hybridized carbons (Fsp3) is 0.222. The number of aromatic nitrogens is 2. The highest BCUT2D eigenvalue weighted by atomic mass is 15.3. The Bertz CT molecular complexity index is 1020. The van der Waals surface area contributed by atoms with Gasteiger partial charge in [-0.15, -0.1) is 0 Å². The van der Waals surface area contributed by atoms with Crippen LogP contribution in [0.5, 0.6) is 0 Å². The summed E-state index contributed by atoms with van der Waals surface area (Å²) in [5.41, 5.74) is 7.09. The van der Waals surface area contributed by atoms with Crippen molar-refractivity contribution in [3.05, 3.63) is 91.0 Å². The molecule has 0 saturated carbocycles. The van der Waals surface area contributed by atoms with E-state index in [0.29, 0.717) is 0 Å². The van der Waals surface area contributed by atoms with Gasteiger partial charge in [-0.3, -0.25) is 4.68 Å². The molecule has 0 spiro atoms. The van der Waals surface area contributed by atoms with Gasteiger partial charge in [0.15, 0.2) is 0 Å². The normalized spacial score (nSPS) is 10.9. The molecule has 0 unspecified atom stereocenters. The molecule has 2 nitrogen and oxygen atoms in total. The molecule has 0 saturated heterocycles. The van der Waals surface area contributed by atoms with E-state index in [2.05, 4.69) is 103 Å². The Labute approximate surface area is 173 Å². The minimum atomic E-state index is 0.941. The van der Waals surface area contributed by atoms with E-state index >= 15 is 0 Å². The first-order chi connectivity index (χ1) is 14.4. The number of benzene rings is 3. The third-order valence-electron chi connectivity index (χ3n) is 5.33. The van der Waals surface area contributed by atoms with Gasteiger partial charge in [0, 0.05) is 23.2 Å². The fourth-order valence-electron chi connectivity index (χ4n) is 3.88. The van der Waals surface area contributed by atoms with Gasteiger partial charge in [0.2, 0.25) is 0 Å². The smallest absolute Gasteiger partial charge is 0.101 e. The third kappa shape index (κ3) is 4.32. The first kappa shape index (κ1) is 19.2. The van der Waals surface area contributed by atoms with Crippen LogP contribution in [-0.2, 0) is 6.54 Å². The molecule has 0 aliphatic heterocycles. The van der Waals surface area contributed by atoms with Crippen molar-refractivity contribution in [1.29, 1.82) is 0 Å². The van der Waals surface area contributed by atoms with Crippen molar-refractivity contribution in [2.24, 2.45) is 0 Å². The standard InChI is InChI=1S/C27H28N2/c1-2-3-4-14-21-29-27(24-19-12-7-13-20-24)25(22-15-8-5-9-16-22)26(28-29)23-17-10-6-11-18-23/h5-13,15-20H,2-4,14,21H2,1H3. The Morgan fingerprint density at radius 2 is 1.17 bits per heavy atom. The summed E-state index contributed by atoms with van der Waals surface area (Å²) < 4.78 is 2.23. The maximum absolute atomic E-state index is 5.15. The number of nitrogens with zero attached hydrogens (tertiary/aromatic N) is 2. The van der Waals surface area contributed by atoms with Gasteiger partial charge < -0.3 is 0 Å². The highest BCUT2D eigenvalue weighted by Gasteiger charge is 2.21. The van der Waals surface area contributed by atoms with Crippen LogP contribution in [0.4, 0.5) is 0 Å². The molecule has 2 heteroatoms. The van der Waals surface area contributed by atoms with E-state index < -0.39 is 0 Å². The largest absolute Gasteiger partial charge is 0.264 e. The van der Waals surface area contributed by atoms with Crippen LogP contribution in [0, 0.1) is 0 Å². The molecule has 3 aromatic carbocycles. The average molecular weight is 381 g/mol. The van der Waals surface area contributed by atoms with E-state index in [1.165, 1.54) is 41.6 Å². The van der Waals surface area contributed by atoms with Crippen molar-refractivity contribution < 1.29 is 0 Å². The second-order valence-electron chi connectivity index (χ2n) is 7.45. The predicted molar refractivity (Wildman–Crippen MR) is 123 cm³/mol. The Balaban J connectivity index is 1.90. The Hall–Kier alpha value is -3.13. The van der Waals surface area contributed by atoms with Gasteiger partial charge in [-0.2, -0.15) is 5.10 Å². The lowest BCUT2D eigenvalue weighted by molar-refractivity contribution is 0.546. The summed E-state index contributed by atoms with van der Waals surface area (Å²) in [5, 5.41) is 5.15. The van der Waals surface area contributed by atoms with Gasteiger partial charge in [0.05, 0.1) is 5.69 Å². The molecule has 0 aliphatic carbocycles. The van der Waals surface area contributed by atoms with Gasteiger partial charge in [0.25, 0.3) is 0 Å². The van der Waals surface area contributed by atoms with Crippen molar-refractivity contribution >= 4 is 0 Å². The number of rotatable bonds is 8. The predicted octanol–water partition coefficient (Wildman–Crippen LogP) is 7.46. The summed E-state index contributed by atoms with van der Waals surface area (Å²) >= 11 is 0. The van der Waals surface area contributed by atoms with Crippen LogP contribution >= 0.6 is 0 Å². The van der Waals surface area contributed by atoms with Crippen molar-refractivity contribution in [2.75, 3.05) is 0 Å². The van der Waals surface area contributed by atoms with Crippen LogP contribution in [0.2, 0.25) is 0 Å². The molecule has 29 heavy (non-hydrogen) atoms. The van der Waals surface area contributed by atoms with Gasteiger partial charge in [-0.05, 0) is 12.0 Å². The lowest BCUT2D eigenvalue weighted by Gasteiger charge is -2.11. The number of hydrogen-bond acceptors (Lipinski definition) is 1. The summed E-state index contributed by atoms with van der Waals surface area (Å²) in [6.45, 7) is 3.20. The summed E-state index contributed by atoms with van der Waals surface area (Å²) in [6, 6.07) is 31.9. The molecule has 0 radical (unpaired) electrons. The molecule has 0 atom stereocenters. The van der Waals surface area contributed by atoms with E-state index in [-0.39, 0.29) is 0 Å². The molecule has 0 aliphatic rings. The first-order valence-corrected chi connectivity index (χ1v) is 10.7. The molecular formula is C27H28N2. The van der Waals surface area contributed by atoms with E-state index in [1.807, 2.05) is 0 Å². The van der Waals surface area contributed by atoms with E-state index in [0.717, 1.165) is 24.2 Å². The Kier molecular flexibility index (Phi) is 6.21. The second-order valence-corrected chi connectivity index (χ2v) is 7.45. The number of hydrogen-bond donors (Lipinski definition) is 0. The van der Waals surface area contributed by atoms with E-state index in [9.17, 15) is 0 Å². The molecular weight excluding hydrogens is 352 g/mol. The summed E-state index contributed by atoms with van der Waals surface area (Å²) in [7, 11) is 0. The zero-order valence-corrected chi connectivity index (χ0v) is 17.1. The molecule has 1 heterocycles. The van der Waals surface area contributed by atoms with Crippen LogP contribution in [0.15, 0.2) is 91.0 Å². The van der Waals surface area contributed by atoms with Crippen molar-refractivity contribution in [2.45, 2.75) is 39.2 Å². The minimum absolute atomic E-state index is 0.941. The summed E-state index contributed by atoms with van der Waals surface area (Å²) in [5.74, 6) is 0. The number of aryl methyl sites for hydroxylation is 1. The minimum Gasteiger partial charge on any atom is -0.264 e. The maximum atomic E-state index is 5.15. The van der Waals surface area contributed by atoms with E-state index in [1.54, 1.807) is 0 Å². The van der Waals surface area contributed by atoms with Crippen molar-refractivity contribution in [3.8, 4) is 33.6 Å². The molecule has 0 N–H and O–H groups in total. The molecule has 0 amide bonds. The van der Waals surface area contributed by atoms with Crippen LogP contribution in [0.25, 0.3) is 33.6 Å². The molecule has 0 fully saturated rings. The molecule has 146 valence electrons. The van der Waals surface area contributed by atoms with Gasteiger partial charge in [0.1, 0.15) is 5.69 Å². The van der Waals surface area contributed by atoms with Crippen molar-refractivity contribution in [1.82, 2.24) is 9.78 Å². The number of unbranched alkanes of at least 4 members (excludes halogenated alkanes) is 3. The maximum Gasteiger partial charge on any atom is 0.101 e. The Morgan fingerprint density at radius 1 is 0.621 bits per heavy atom. The van der Waals surface area contributed by atoms with Gasteiger partial charge in [-0.1, -0.05) is 117 Å². The van der Waals surface area contributed by atoms with Gasteiger partial charge in [-0.25, -0.2) is 0 Å². The summed E-state index contributed by atoms with van der Waals surface area (Å²) in [4.78, 5) is 0. The Morgan fingerprint density at radius 3 is 1.76 bits per heavy atom. The van der Waals surface area contributed by atoms with Gasteiger partial charge >= 0.3 is 0 Å². The average Bonchev–Trinajstić information content (AvgIpc) is 3.18. The molecule has 0 bridgehead atoms. The third-order valence-corrected chi connectivity index (χ3v) is 5.33. The summed E-state index contributed by atoms with van der Waals surface area (Å²) in [6.07, 6.45) is 4.91. The monoisotopic (exact) mass is 380 g/mol. The molecule has 1 aromatic heterocycles.